The van der Waals surface area contributed by atoms with Crippen molar-refractivity contribution < 1.29 is 13.2 Å². The summed E-state index contributed by atoms with van der Waals surface area (Å²) in [5.41, 5.74) is 2.91. The quantitative estimate of drug-likeness (QED) is 0.637. The fraction of sp³-hybridized carbons (Fsp3) is 0.462. The molecule has 1 heterocycles. The van der Waals surface area contributed by atoms with Gasteiger partial charge in [-0.25, -0.2) is 8.42 Å². The normalized spacial score (nSPS) is 21.2. The number of rotatable bonds is 6. The second-order valence-corrected chi connectivity index (χ2v) is 11.3. The third-order valence-electron chi connectivity index (χ3n) is 7.29. The number of sulfonamides is 1. The van der Waals surface area contributed by atoms with E-state index < -0.39 is 10.0 Å². The van der Waals surface area contributed by atoms with Crippen LogP contribution in [0.15, 0.2) is 53.4 Å². The topological polar surface area (TPSA) is 84.7 Å². The SMILES string of the molecule is N#Cc1ccccc1S(=O)(=O)N1CCN(C(=O)CN(C2CC2)C2CCCc3ccccc32)CC1. The molecule has 0 aromatic heterocycles. The van der Waals surface area contributed by atoms with E-state index in [0.717, 1.165) is 32.1 Å². The Hall–Kier alpha value is -2.73. The summed E-state index contributed by atoms with van der Waals surface area (Å²) < 4.78 is 27.6. The van der Waals surface area contributed by atoms with E-state index in [-0.39, 0.29) is 35.5 Å². The van der Waals surface area contributed by atoms with E-state index in [1.54, 1.807) is 17.0 Å². The molecule has 1 saturated heterocycles. The molecule has 0 bridgehead atoms. The van der Waals surface area contributed by atoms with Gasteiger partial charge in [-0.15, -0.1) is 0 Å². The van der Waals surface area contributed by atoms with Gasteiger partial charge in [0.25, 0.3) is 0 Å². The van der Waals surface area contributed by atoms with Gasteiger partial charge in [-0.3, -0.25) is 9.69 Å². The highest BCUT2D eigenvalue weighted by Crippen LogP contribution is 2.40. The number of hydrogen-bond acceptors (Lipinski definition) is 5. The maximum Gasteiger partial charge on any atom is 0.244 e. The first-order valence-corrected chi connectivity index (χ1v) is 13.5. The standard InChI is InChI=1S/C26H30N4O3S/c27-18-21-7-2-4-11-25(21)34(32,33)29-16-14-28(15-17-29)26(31)19-30(22-12-13-22)24-10-5-8-20-6-1-3-9-23(20)24/h1-4,6-7,9,11,22,24H,5,8,10,12-17,19H2. The van der Waals surface area contributed by atoms with Crippen LogP contribution < -0.4 is 0 Å². The molecule has 0 spiro atoms. The molecule has 0 N–H and O–H groups in total. The molecular formula is C26H30N4O3S. The van der Waals surface area contributed by atoms with Crippen molar-refractivity contribution >= 4 is 15.9 Å². The van der Waals surface area contributed by atoms with Crippen LogP contribution in [0.2, 0.25) is 0 Å². The molecule has 1 unspecified atom stereocenters. The molecule has 2 aliphatic carbocycles. The van der Waals surface area contributed by atoms with Crippen molar-refractivity contribution in [1.82, 2.24) is 14.1 Å². The second-order valence-electron chi connectivity index (χ2n) is 9.40. The molecule has 1 amide bonds. The van der Waals surface area contributed by atoms with Crippen LogP contribution >= 0.6 is 0 Å². The lowest BCUT2D eigenvalue weighted by molar-refractivity contribution is -0.134. The predicted molar refractivity (Wildman–Crippen MR) is 128 cm³/mol. The summed E-state index contributed by atoms with van der Waals surface area (Å²) in [6, 6.07) is 17.6. The van der Waals surface area contributed by atoms with Crippen LogP contribution in [-0.4, -0.2) is 67.2 Å². The summed E-state index contributed by atoms with van der Waals surface area (Å²) in [6.45, 7) is 1.60. The van der Waals surface area contributed by atoms with Crippen molar-refractivity contribution in [1.29, 1.82) is 5.26 Å². The number of hydrogen-bond donors (Lipinski definition) is 0. The van der Waals surface area contributed by atoms with Gasteiger partial charge < -0.3 is 4.90 Å². The molecule has 2 fully saturated rings. The number of carbonyl (C=O) groups excluding carboxylic acids is 1. The molecule has 2 aromatic rings. The van der Waals surface area contributed by atoms with Crippen molar-refractivity contribution in [2.24, 2.45) is 0 Å². The zero-order valence-electron chi connectivity index (χ0n) is 19.3. The highest BCUT2D eigenvalue weighted by molar-refractivity contribution is 7.89. The summed E-state index contributed by atoms with van der Waals surface area (Å²) in [5.74, 6) is 0.0735. The fourth-order valence-corrected chi connectivity index (χ4v) is 6.89. The van der Waals surface area contributed by atoms with Gasteiger partial charge in [-0.2, -0.15) is 9.57 Å². The zero-order valence-corrected chi connectivity index (χ0v) is 20.1. The van der Waals surface area contributed by atoms with Gasteiger partial charge in [-0.1, -0.05) is 36.4 Å². The molecule has 3 aliphatic rings. The van der Waals surface area contributed by atoms with Crippen LogP contribution in [0, 0.1) is 11.3 Å². The largest absolute Gasteiger partial charge is 0.339 e. The van der Waals surface area contributed by atoms with Gasteiger partial charge in [0.1, 0.15) is 6.07 Å². The number of carbonyl (C=O) groups is 1. The molecule has 1 atom stereocenters. The van der Waals surface area contributed by atoms with Gasteiger partial charge in [0.15, 0.2) is 0 Å². The number of benzene rings is 2. The highest BCUT2D eigenvalue weighted by atomic mass is 32.2. The van der Waals surface area contributed by atoms with Crippen LogP contribution in [0.1, 0.15) is 48.4 Å². The van der Waals surface area contributed by atoms with Crippen LogP contribution in [0.3, 0.4) is 0 Å². The Morgan fingerprint density at radius 2 is 1.71 bits per heavy atom. The summed E-state index contributed by atoms with van der Waals surface area (Å²) in [7, 11) is -3.77. The number of amides is 1. The van der Waals surface area contributed by atoms with Gasteiger partial charge in [0, 0.05) is 38.3 Å². The molecule has 7 nitrogen and oxygen atoms in total. The first-order chi connectivity index (χ1) is 16.5. The first-order valence-electron chi connectivity index (χ1n) is 12.1. The van der Waals surface area contributed by atoms with Crippen molar-refractivity contribution in [3.63, 3.8) is 0 Å². The number of aryl methyl sites for hydroxylation is 1. The van der Waals surface area contributed by atoms with Crippen molar-refractivity contribution in [3.05, 3.63) is 65.2 Å². The molecule has 5 rings (SSSR count). The lowest BCUT2D eigenvalue weighted by Crippen LogP contribution is -2.53. The van der Waals surface area contributed by atoms with E-state index >= 15 is 0 Å². The Morgan fingerprint density at radius 1 is 1.00 bits per heavy atom. The van der Waals surface area contributed by atoms with E-state index in [0.29, 0.717) is 25.7 Å². The van der Waals surface area contributed by atoms with Crippen LogP contribution in [-0.2, 0) is 21.2 Å². The fourth-order valence-electron chi connectivity index (χ4n) is 5.33. The lowest BCUT2D eigenvalue weighted by Gasteiger charge is -2.38. The Balaban J connectivity index is 1.25. The summed E-state index contributed by atoms with van der Waals surface area (Å²) in [4.78, 5) is 17.5. The van der Waals surface area contributed by atoms with Crippen molar-refractivity contribution in [3.8, 4) is 6.07 Å². The van der Waals surface area contributed by atoms with Crippen LogP contribution in [0.4, 0.5) is 0 Å². The third-order valence-corrected chi connectivity index (χ3v) is 9.25. The van der Waals surface area contributed by atoms with Gasteiger partial charge in [-0.05, 0) is 55.4 Å². The summed E-state index contributed by atoms with van der Waals surface area (Å²) in [5, 5.41) is 9.31. The Morgan fingerprint density at radius 3 is 2.44 bits per heavy atom. The van der Waals surface area contributed by atoms with E-state index in [4.69, 9.17) is 0 Å². The Kier molecular flexibility index (Phi) is 6.43. The molecule has 2 aromatic carbocycles. The predicted octanol–water partition coefficient (Wildman–Crippen LogP) is 2.93. The molecule has 34 heavy (non-hydrogen) atoms. The number of nitrogens with zero attached hydrogens (tertiary/aromatic N) is 4. The second kappa shape index (κ2) is 9.49. The minimum Gasteiger partial charge on any atom is -0.339 e. The third kappa shape index (κ3) is 4.48. The lowest BCUT2D eigenvalue weighted by atomic mass is 9.86. The minimum absolute atomic E-state index is 0.0353. The van der Waals surface area contributed by atoms with Crippen LogP contribution in [0.5, 0.6) is 0 Å². The van der Waals surface area contributed by atoms with E-state index in [9.17, 15) is 18.5 Å². The van der Waals surface area contributed by atoms with Gasteiger partial charge in [0.05, 0.1) is 17.0 Å². The number of nitriles is 1. The Bertz CT molecular complexity index is 1210. The van der Waals surface area contributed by atoms with Crippen molar-refractivity contribution in [2.75, 3.05) is 32.7 Å². The average Bonchev–Trinajstić information content (AvgIpc) is 3.72. The highest BCUT2D eigenvalue weighted by Gasteiger charge is 2.39. The maximum atomic E-state index is 13.3. The average molecular weight is 479 g/mol. The summed E-state index contributed by atoms with van der Waals surface area (Å²) in [6.07, 6.45) is 5.59. The van der Waals surface area contributed by atoms with E-state index in [1.165, 1.54) is 27.6 Å². The maximum absolute atomic E-state index is 13.3. The first kappa shape index (κ1) is 23.0. The molecule has 178 valence electrons. The monoisotopic (exact) mass is 478 g/mol. The number of fused-ring (bicyclic) bond motifs is 1. The molecule has 8 heteroatoms. The van der Waals surface area contributed by atoms with E-state index in [2.05, 4.69) is 29.2 Å². The zero-order chi connectivity index (χ0) is 23.7. The molecule has 0 radical (unpaired) electrons. The van der Waals surface area contributed by atoms with E-state index in [1.807, 2.05) is 6.07 Å². The van der Waals surface area contributed by atoms with Gasteiger partial charge >= 0.3 is 0 Å². The molecular weight excluding hydrogens is 448 g/mol. The number of piperazine rings is 1. The van der Waals surface area contributed by atoms with Crippen LogP contribution in [0.25, 0.3) is 0 Å². The van der Waals surface area contributed by atoms with Crippen molar-refractivity contribution in [2.45, 2.75) is 49.1 Å². The van der Waals surface area contributed by atoms with Gasteiger partial charge in [0.2, 0.25) is 15.9 Å². The summed E-state index contributed by atoms with van der Waals surface area (Å²) >= 11 is 0. The molecule has 1 aliphatic heterocycles. The molecule has 1 saturated carbocycles. The minimum atomic E-state index is -3.77. The Labute approximate surface area is 201 Å². The smallest absolute Gasteiger partial charge is 0.244 e.